The Labute approximate surface area is 229 Å². The molecule has 2 aromatic heterocycles. The highest BCUT2D eigenvalue weighted by Gasteiger charge is 2.85. The van der Waals surface area contributed by atoms with Gasteiger partial charge in [-0.2, -0.15) is 15.1 Å². The fraction of sp³-hybridized carbons (Fsp3) is 0.500. The van der Waals surface area contributed by atoms with Gasteiger partial charge >= 0.3 is 13.7 Å². The average Bonchev–Trinajstić information content (AvgIpc) is 3.14. The lowest BCUT2D eigenvalue weighted by Gasteiger charge is -2.31. The van der Waals surface area contributed by atoms with Crippen molar-refractivity contribution in [2.75, 3.05) is 18.1 Å². The van der Waals surface area contributed by atoms with Crippen molar-refractivity contribution in [1.82, 2.24) is 24.6 Å². The molecule has 5 rings (SSSR count). The second-order valence-corrected chi connectivity index (χ2v) is 11.7. The largest absolute Gasteiger partial charge is 0.462 e. The number of nitrogens with one attached hydrogen (secondary N) is 2. The van der Waals surface area contributed by atoms with Crippen LogP contribution in [0, 0.1) is 0 Å². The van der Waals surface area contributed by atoms with E-state index >= 15 is 4.39 Å². The molecular weight excluding hydrogens is 548 g/mol. The SMILES string of the molecule is CNc1nc(N)nc2c1ncn2[C@@H]1O[C@@H]2C(O[P@@](=O)(N[C@H](C)C(=O)OC(C)C)Oc3ccccc3)[C@]2(O)[C@@]1(C)F. The standard InChI is InChI=1S/C24H31FN7O7P/c1-12(2)36-20(33)13(3)31-40(35,38-14-9-7-6-8-10-14)39-17-16-24(17,34)23(4,25)21(37-16)32-11-28-15-18(27-5)29-22(26)30-19(15)32/h6-13,16-17,21,34H,1-5H3,(H,31,35)(H3,26,27,29,30)/t13-,16-,17?,21-,23+,24+,40-/m1/s1. The number of halogens is 1. The van der Waals surface area contributed by atoms with Crippen molar-refractivity contribution in [3.63, 3.8) is 0 Å². The number of hydrogen-bond acceptors (Lipinski definition) is 12. The number of benzene rings is 1. The monoisotopic (exact) mass is 579 g/mol. The summed E-state index contributed by atoms with van der Waals surface area (Å²) in [5.41, 5.74) is 1.61. The maximum Gasteiger partial charge on any atom is 0.459 e. The van der Waals surface area contributed by atoms with Gasteiger partial charge in [0.1, 0.15) is 24.0 Å². The van der Waals surface area contributed by atoms with E-state index in [0.29, 0.717) is 11.3 Å². The molecule has 14 nitrogen and oxygen atoms in total. The Kier molecular flexibility index (Phi) is 6.99. The van der Waals surface area contributed by atoms with E-state index in [1.807, 2.05) is 0 Å². The molecule has 1 aliphatic carbocycles. The lowest BCUT2D eigenvalue weighted by molar-refractivity contribution is -0.149. The van der Waals surface area contributed by atoms with Crippen LogP contribution in [-0.4, -0.2) is 73.3 Å². The first-order chi connectivity index (χ1) is 18.8. The van der Waals surface area contributed by atoms with Gasteiger partial charge in [-0.15, -0.1) is 0 Å². The number of rotatable bonds is 10. The van der Waals surface area contributed by atoms with Crippen LogP contribution in [0.3, 0.4) is 0 Å². The molecule has 5 N–H and O–H groups in total. The minimum atomic E-state index is -4.40. The van der Waals surface area contributed by atoms with Gasteiger partial charge in [0.25, 0.3) is 0 Å². The Morgan fingerprint density at radius 2 is 1.98 bits per heavy atom. The van der Waals surface area contributed by atoms with Gasteiger partial charge in [-0.25, -0.2) is 13.9 Å². The van der Waals surface area contributed by atoms with Crippen LogP contribution in [0.5, 0.6) is 5.75 Å². The molecule has 1 saturated carbocycles. The van der Waals surface area contributed by atoms with E-state index in [4.69, 9.17) is 24.3 Å². The summed E-state index contributed by atoms with van der Waals surface area (Å²) in [5.74, 6) is -0.284. The molecular formula is C24H31FN7O7P. The molecule has 216 valence electrons. The topological polar surface area (TPSA) is 185 Å². The molecule has 0 bridgehead atoms. The molecule has 2 fully saturated rings. The Morgan fingerprint density at radius 3 is 2.58 bits per heavy atom. The number of anilines is 2. The highest BCUT2D eigenvalue weighted by Crippen LogP contribution is 2.66. The Balaban J connectivity index is 1.40. The van der Waals surface area contributed by atoms with Crippen LogP contribution >= 0.6 is 7.75 Å². The molecule has 7 atom stereocenters. The Morgan fingerprint density at radius 1 is 1.27 bits per heavy atom. The van der Waals surface area contributed by atoms with Gasteiger partial charge in [-0.3, -0.25) is 13.9 Å². The number of ether oxygens (including phenoxy) is 2. The Bertz CT molecular complexity index is 1470. The number of fused-ring (bicyclic) bond motifs is 2. The van der Waals surface area contributed by atoms with Crippen LogP contribution in [0.15, 0.2) is 36.7 Å². The number of carbonyl (C=O) groups excluding carboxylic acids is 1. The van der Waals surface area contributed by atoms with Gasteiger partial charge in [0, 0.05) is 7.05 Å². The molecule has 1 unspecified atom stereocenters. The van der Waals surface area contributed by atoms with Crippen molar-refractivity contribution in [2.24, 2.45) is 0 Å². The Hall–Kier alpha value is -3.36. The zero-order chi connectivity index (χ0) is 29.0. The molecule has 40 heavy (non-hydrogen) atoms. The van der Waals surface area contributed by atoms with Crippen molar-refractivity contribution in [3.05, 3.63) is 36.7 Å². The second kappa shape index (κ2) is 9.93. The zero-order valence-corrected chi connectivity index (χ0v) is 23.3. The van der Waals surface area contributed by atoms with E-state index in [1.54, 1.807) is 39.1 Å². The van der Waals surface area contributed by atoms with Gasteiger partial charge in [0.05, 0.1) is 12.4 Å². The van der Waals surface area contributed by atoms with E-state index in [-0.39, 0.29) is 17.3 Å². The van der Waals surface area contributed by atoms with Gasteiger partial charge in [0.15, 0.2) is 34.5 Å². The van der Waals surface area contributed by atoms with E-state index in [2.05, 4.69) is 25.4 Å². The molecule has 1 aliphatic heterocycles. The number of nitrogens with two attached hydrogens (primary N) is 1. The number of esters is 1. The van der Waals surface area contributed by atoms with Crippen LogP contribution in [0.25, 0.3) is 11.2 Å². The number of para-hydroxylation sites is 1. The number of carbonyl (C=O) groups is 1. The van der Waals surface area contributed by atoms with Crippen molar-refractivity contribution < 1.29 is 37.4 Å². The summed E-state index contributed by atoms with van der Waals surface area (Å²) in [4.78, 5) is 24.9. The number of imidazole rings is 1. The second-order valence-electron chi connectivity index (χ2n) is 10.1. The molecule has 2 aliphatic rings. The summed E-state index contributed by atoms with van der Waals surface area (Å²) in [6.07, 6.45) is -3.14. The number of nitrogens with zero attached hydrogens (tertiary/aromatic N) is 4. The summed E-state index contributed by atoms with van der Waals surface area (Å²) in [5, 5.41) is 16.8. The zero-order valence-electron chi connectivity index (χ0n) is 22.4. The molecule has 0 spiro atoms. The normalized spacial score (nSPS) is 29.6. The van der Waals surface area contributed by atoms with Gasteiger partial charge in [-0.1, -0.05) is 18.2 Å². The first kappa shape index (κ1) is 28.2. The van der Waals surface area contributed by atoms with Gasteiger partial charge in [-0.05, 0) is 39.8 Å². The average molecular weight is 580 g/mol. The first-order valence-corrected chi connectivity index (χ1v) is 14.1. The quantitative estimate of drug-likeness (QED) is 0.203. The minimum absolute atomic E-state index is 0.0718. The van der Waals surface area contributed by atoms with Gasteiger partial charge < -0.3 is 30.2 Å². The molecule has 1 saturated heterocycles. The smallest absolute Gasteiger partial charge is 0.459 e. The fourth-order valence-corrected chi connectivity index (χ4v) is 6.43. The third-order valence-electron chi connectivity index (χ3n) is 6.76. The molecule has 1 aromatic carbocycles. The van der Waals surface area contributed by atoms with Crippen molar-refractivity contribution in [3.8, 4) is 5.75 Å². The van der Waals surface area contributed by atoms with Crippen LogP contribution in [-0.2, 0) is 23.4 Å². The number of hydrogen-bond donors (Lipinski definition) is 4. The summed E-state index contributed by atoms with van der Waals surface area (Å²) >= 11 is 0. The summed E-state index contributed by atoms with van der Waals surface area (Å²) in [6.45, 7) is 5.89. The summed E-state index contributed by atoms with van der Waals surface area (Å²) < 4.78 is 54.0. The highest BCUT2D eigenvalue weighted by molar-refractivity contribution is 7.52. The highest BCUT2D eigenvalue weighted by atomic mass is 31.2. The van der Waals surface area contributed by atoms with Crippen molar-refractivity contribution >= 4 is 36.6 Å². The van der Waals surface area contributed by atoms with E-state index < -0.39 is 55.6 Å². The lowest BCUT2D eigenvalue weighted by Crippen LogP contribution is -2.45. The third-order valence-corrected chi connectivity index (χ3v) is 8.42. The van der Waals surface area contributed by atoms with E-state index in [9.17, 15) is 14.5 Å². The predicted molar refractivity (Wildman–Crippen MR) is 141 cm³/mol. The van der Waals surface area contributed by atoms with Crippen LogP contribution in [0.4, 0.5) is 16.2 Å². The number of aliphatic hydroxyl groups is 1. The number of alkyl halides is 1. The molecule has 3 heterocycles. The van der Waals surface area contributed by atoms with Gasteiger partial charge in [0.2, 0.25) is 5.95 Å². The third kappa shape index (κ3) is 4.67. The molecule has 16 heteroatoms. The van der Waals surface area contributed by atoms with E-state index in [1.165, 1.54) is 30.0 Å². The number of nitrogen functional groups attached to an aromatic ring is 1. The van der Waals surface area contributed by atoms with Crippen LogP contribution in [0.1, 0.15) is 33.9 Å². The maximum atomic E-state index is 16.4. The lowest BCUT2D eigenvalue weighted by atomic mass is 9.97. The van der Waals surface area contributed by atoms with Crippen molar-refractivity contribution in [1.29, 1.82) is 0 Å². The molecule has 3 aromatic rings. The maximum absolute atomic E-state index is 16.4. The molecule has 0 amide bonds. The molecule has 0 radical (unpaired) electrons. The fourth-order valence-electron chi connectivity index (χ4n) is 4.72. The summed E-state index contributed by atoms with van der Waals surface area (Å²) in [7, 11) is -2.78. The number of aromatic nitrogens is 4. The van der Waals surface area contributed by atoms with E-state index in [0.717, 1.165) is 6.92 Å². The minimum Gasteiger partial charge on any atom is -0.462 e. The summed E-state index contributed by atoms with van der Waals surface area (Å²) in [6, 6.07) is 6.95. The first-order valence-electron chi connectivity index (χ1n) is 12.6. The van der Waals surface area contributed by atoms with Crippen molar-refractivity contribution in [2.45, 2.75) is 69.5 Å². The van der Waals surface area contributed by atoms with Crippen LogP contribution < -0.4 is 20.7 Å². The van der Waals surface area contributed by atoms with Crippen LogP contribution in [0.2, 0.25) is 0 Å². The predicted octanol–water partition coefficient (Wildman–Crippen LogP) is 2.32.